The van der Waals surface area contributed by atoms with E-state index in [-0.39, 0.29) is 10.8 Å². The van der Waals surface area contributed by atoms with Gasteiger partial charge in [-0.3, -0.25) is 0 Å². The minimum Gasteiger partial charge on any atom is -0.309 e. The van der Waals surface area contributed by atoms with Crippen molar-refractivity contribution >= 4 is 27.8 Å². The van der Waals surface area contributed by atoms with Gasteiger partial charge in [-0.05, 0) is 102 Å². The van der Waals surface area contributed by atoms with Gasteiger partial charge in [0.1, 0.15) is 0 Å². The van der Waals surface area contributed by atoms with Gasteiger partial charge < -0.3 is 4.90 Å². The molecule has 0 heterocycles. The maximum atomic E-state index is 2.55. The smallest absolute Gasteiger partial charge is 0.0546 e. The van der Waals surface area contributed by atoms with E-state index in [4.69, 9.17) is 0 Å². The van der Waals surface area contributed by atoms with Crippen LogP contribution in [0.4, 0.5) is 17.1 Å². The molecule has 2 aliphatic carbocycles. The van der Waals surface area contributed by atoms with Gasteiger partial charge in [0, 0.05) is 27.5 Å². The molecule has 9 aromatic carbocycles. The lowest BCUT2D eigenvalue weighted by Crippen LogP contribution is -2.18. The largest absolute Gasteiger partial charge is 0.309 e. The Balaban J connectivity index is 1.22. The molecule has 0 N–H and O–H groups in total. The number of hydrogen-bond donors (Lipinski definition) is 0. The lowest BCUT2D eigenvalue weighted by Gasteiger charge is -2.32. The molecule has 0 saturated carbocycles. The van der Waals surface area contributed by atoms with Crippen LogP contribution >= 0.6 is 0 Å². The maximum absolute atomic E-state index is 2.55. The zero-order chi connectivity index (χ0) is 39.9. The molecule has 2 aliphatic rings. The summed E-state index contributed by atoms with van der Waals surface area (Å²) in [5.41, 5.74) is 21.3. The Morgan fingerprint density at radius 3 is 1.56 bits per heavy atom. The summed E-state index contributed by atoms with van der Waals surface area (Å²) in [6.45, 7) is 9.54. The quantitative estimate of drug-likeness (QED) is 0.163. The molecule has 0 unspecified atom stereocenters. The van der Waals surface area contributed by atoms with Crippen LogP contribution < -0.4 is 4.90 Å². The van der Waals surface area contributed by atoms with Crippen LogP contribution in [0.3, 0.4) is 0 Å². The molecule has 0 bridgehead atoms. The molecule has 282 valence electrons. The highest BCUT2D eigenvalue weighted by atomic mass is 15.1. The van der Waals surface area contributed by atoms with Crippen LogP contribution in [0.25, 0.3) is 66.4 Å². The SMILES string of the molecule is CC1(C)c2ccccc2-c2ccc(N(c3cccc(-c4cccc5c4C(C)(C)c4ccccc4-5)c3-c3ccccc3)c3ccc(-c4ccccc4)c4ccccc34)cc21. The Labute approximate surface area is 347 Å². The van der Waals surface area contributed by atoms with Crippen LogP contribution in [-0.4, -0.2) is 0 Å². The Morgan fingerprint density at radius 2 is 0.831 bits per heavy atom. The normalized spacial score (nSPS) is 14.0. The summed E-state index contributed by atoms with van der Waals surface area (Å²) < 4.78 is 0. The van der Waals surface area contributed by atoms with Crippen molar-refractivity contribution in [3.8, 4) is 55.6 Å². The number of benzene rings is 9. The third kappa shape index (κ3) is 5.31. The second-order valence-electron chi connectivity index (χ2n) is 17.2. The van der Waals surface area contributed by atoms with Crippen LogP contribution in [0.5, 0.6) is 0 Å². The Kier molecular flexibility index (Phi) is 7.94. The zero-order valence-electron chi connectivity index (χ0n) is 34.0. The monoisotopic (exact) mass is 755 g/mol. The van der Waals surface area contributed by atoms with Gasteiger partial charge in [0.25, 0.3) is 0 Å². The number of nitrogens with zero attached hydrogens (tertiary/aromatic N) is 1. The molecule has 0 atom stereocenters. The van der Waals surface area contributed by atoms with Crippen molar-refractivity contribution in [1.82, 2.24) is 0 Å². The summed E-state index contributed by atoms with van der Waals surface area (Å²) >= 11 is 0. The first-order chi connectivity index (χ1) is 28.8. The minimum absolute atomic E-state index is 0.151. The fourth-order valence-corrected chi connectivity index (χ4v) is 10.5. The Hall–Kier alpha value is -6.96. The van der Waals surface area contributed by atoms with Crippen LogP contribution in [0.1, 0.15) is 49.9 Å². The first-order valence-electron chi connectivity index (χ1n) is 20.9. The summed E-state index contributed by atoms with van der Waals surface area (Å²) in [7, 11) is 0. The van der Waals surface area contributed by atoms with E-state index in [1.807, 2.05) is 0 Å². The molecule has 0 aromatic heterocycles. The minimum atomic E-state index is -0.170. The highest BCUT2D eigenvalue weighted by Crippen LogP contribution is 2.56. The highest BCUT2D eigenvalue weighted by Gasteiger charge is 2.39. The lowest BCUT2D eigenvalue weighted by molar-refractivity contribution is 0.660. The van der Waals surface area contributed by atoms with Gasteiger partial charge in [-0.1, -0.05) is 204 Å². The lowest BCUT2D eigenvalue weighted by atomic mass is 9.77. The first kappa shape index (κ1) is 35.2. The average molecular weight is 756 g/mol. The standard InChI is InChI=1S/C58H45N/c1-57(2)50-30-15-13-24-43(50)45-34-33-40(37-52(45)57)59(53-36-35-41(38-19-7-5-8-20-38)42-23-11-12-26-46(42)53)54-32-18-27-47(55(54)39-21-9-6-10-22-39)49-29-17-28-48-44-25-14-16-31-51(44)58(3,4)56(48)49/h5-37H,1-4H3. The molecule has 0 radical (unpaired) electrons. The van der Waals surface area contributed by atoms with Crippen molar-refractivity contribution in [2.24, 2.45) is 0 Å². The van der Waals surface area contributed by atoms with Gasteiger partial charge in [-0.2, -0.15) is 0 Å². The first-order valence-corrected chi connectivity index (χ1v) is 20.9. The average Bonchev–Trinajstić information content (AvgIpc) is 3.66. The third-order valence-electron chi connectivity index (χ3n) is 13.3. The van der Waals surface area contributed by atoms with Crippen molar-refractivity contribution < 1.29 is 0 Å². The van der Waals surface area contributed by atoms with Crippen LogP contribution in [-0.2, 0) is 10.8 Å². The van der Waals surface area contributed by atoms with Gasteiger partial charge in [-0.15, -0.1) is 0 Å². The van der Waals surface area contributed by atoms with Crippen molar-refractivity contribution in [3.05, 3.63) is 222 Å². The predicted molar refractivity (Wildman–Crippen MR) is 250 cm³/mol. The van der Waals surface area contributed by atoms with E-state index in [0.717, 1.165) is 17.1 Å². The molecule has 9 aromatic rings. The van der Waals surface area contributed by atoms with E-state index < -0.39 is 0 Å². The van der Waals surface area contributed by atoms with Crippen molar-refractivity contribution in [2.75, 3.05) is 4.90 Å². The van der Waals surface area contributed by atoms with E-state index in [2.05, 4.69) is 233 Å². The summed E-state index contributed by atoms with van der Waals surface area (Å²) in [5, 5.41) is 2.44. The Morgan fingerprint density at radius 1 is 0.322 bits per heavy atom. The van der Waals surface area contributed by atoms with Gasteiger partial charge in [0.15, 0.2) is 0 Å². The number of fused-ring (bicyclic) bond motifs is 7. The van der Waals surface area contributed by atoms with Crippen LogP contribution in [0.15, 0.2) is 200 Å². The fourth-order valence-electron chi connectivity index (χ4n) is 10.5. The molecule has 59 heavy (non-hydrogen) atoms. The fraction of sp³-hybridized carbons (Fsp3) is 0.103. The summed E-state index contributed by atoms with van der Waals surface area (Å²) in [5.74, 6) is 0. The van der Waals surface area contributed by atoms with Gasteiger partial charge in [-0.25, -0.2) is 0 Å². The molecule has 0 fully saturated rings. The van der Waals surface area contributed by atoms with Gasteiger partial charge in [0.2, 0.25) is 0 Å². The maximum Gasteiger partial charge on any atom is 0.0546 e. The third-order valence-corrected chi connectivity index (χ3v) is 13.3. The van der Waals surface area contributed by atoms with Crippen LogP contribution in [0, 0.1) is 0 Å². The molecule has 0 saturated heterocycles. The summed E-state index contributed by atoms with van der Waals surface area (Å²) in [4.78, 5) is 2.55. The topological polar surface area (TPSA) is 3.24 Å². The molecule has 0 aliphatic heterocycles. The number of hydrogen-bond acceptors (Lipinski definition) is 1. The highest BCUT2D eigenvalue weighted by molar-refractivity contribution is 6.08. The molecule has 0 spiro atoms. The summed E-state index contributed by atoms with van der Waals surface area (Å²) in [6, 6.07) is 74.4. The Bertz CT molecular complexity index is 3100. The molecule has 0 amide bonds. The molecular weight excluding hydrogens is 711 g/mol. The van der Waals surface area contributed by atoms with Crippen molar-refractivity contribution in [3.63, 3.8) is 0 Å². The van der Waals surface area contributed by atoms with Gasteiger partial charge in [0.05, 0.1) is 11.4 Å². The number of anilines is 3. The molecular formula is C58H45N. The van der Waals surface area contributed by atoms with Crippen LogP contribution in [0.2, 0.25) is 0 Å². The molecule has 1 heteroatoms. The van der Waals surface area contributed by atoms with E-state index >= 15 is 0 Å². The van der Waals surface area contributed by atoms with E-state index in [1.54, 1.807) is 0 Å². The number of rotatable bonds is 6. The van der Waals surface area contributed by atoms with Crippen molar-refractivity contribution in [1.29, 1.82) is 0 Å². The van der Waals surface area contributed by atoms with Gasteiger partial charge >= 0.3 is 0 Å². The predicted octanol–water partition coefficient (Wildman–Crippen LogP) is 15.9. The van der Waals surface area contributed by atoms with E-state index in [0.29, 0.717) is 0 Å². The second kappa shape index (κ2) is 13.3. The molecule has 11 rings (SSSR count). The zero-order valence-corrected chi connectivity index (χ0v) is 34.0. The van der Waals surface area contributed by atoms with E-state index in [9.17, 15) is 0 Å². The molecule has 1 nitrogen and oxygen atoms in total. The second-order valence-corrected chi connectivity index (χ2v) is 17.2. The summed E-state index contributed by atoms with van der Waals surface area (Å²) in [6.07, 6.45) is 0. The van der Waals surface area contributed by atoms with Crippen molar-refractivity contribution in [2.45, 2.75) is 38.5 Å². The van der Waals surface area contributed by atoms with E-state index in [1.165, 1.54) is 88.7 Å².